The molecular weight excluding hydrogens is 388 g/mol. The average molecular weight is 417 g/mol. The lowest BCUT2D eigenvalue weighted by atomic mass is 9.97. The molecule has 3 rings (SSSR count). The number of hydrogen-bond donors (Lipinski definition) is 1. The lowest BCUT2D eigenvalue weighted by molar-refractivity contribution is -0.126. The van der Waals surface area contributed by atoms with E-state index in [-0.39, 0.29) is 16.7 Å². The van der Waals surface area contributed by atoms with Crippen molar-refractivity contribution in [1.82, 2.24) is 9.62 Å². The lowest BCUT2D eigenvalue weighted by Crippen LogP contribution is -2.42. The topological polar surface area (TPSA) is 75.7 Å². The number of hydrogen-bond acceptors (Lipinski definition) is 4. The van der Waals surface area contributed by atoms with E-state index in [2.05, 4.69) is 5.32 Å². The van der Waals surface area contributed by atoms with Crippen molar-refractivity contribution in [3.05, 3.63) is 59.2 Å². The van der Waals surface area contributed by atoms with E-state index in [0.29, 0.717) is 38.2 Å². The third kappa shape index (κ3) is 4.97. The van der Waals surface area contributed by atoms with Crippen molar-refractivity contribution in [2.24, 2.45) is 5.92 Å². The summed E-state index contributed by atoms with van der Waals surface area (Å²) in [4.78, 5) is 12.7. The van der Waals surface area contributed by atoms with Gasteiger partial charge in [-0.2, -0.15) is 4.31 Å². The van der Waals surface area contributed by atoms with Gasteiger partial charge in [0.15, 0.2) is 0 Å². The molecule has 0 saturated carbocycles. The van der Waals surface area contributed by atoms with Gasteiger partial charge in [-0.05, 0) is 56.0 Å². The number of carbonyl (C=O) groups excluding carboxylic acids is 1. The van der Waals surface area contributed by atoms with Crippen LogP contribution >= 0.6 is 0 Å². The van der Waals surface area contributed by atoms with E-state index in [9.17, 15) is 13.2 Å². The molecule has 1 saturated heterocycles. The number of nitrogens with one attached hydrogen (secondary N) is 1. The predicted molar refractivity (Wildman–Crippen MR) is 112 cm³/mol. The van der Waals surface area contributed by atoms with Crippen molar-refractivity contribution in [2.45, 2.75) is 38.1 Å². The molecule has 0 unspecified atom stereocenters. The summed E-state index contributed by atoms with van der Waals surface area (Å²) in [6, 6.07) is 12.9. The molecule has 0 aliphatic carbocycles. The van der Waals surface area contributed by atoms with E-state index in [0.717, 1.165) is 11.1 Å². The van der Waals surface area contributed by atoms with Crippen molar-refractivity contribution in [2.75, 3.05) is 20.2 Å². The molecule has 7 heteroatoms. The van der Waals surface area contributed by atoms with Gasteiger partial charge in [-0.1, -0.05) is 29.8 Å². The van der Waals surface area contributed by atoms with Crippen molar-refractivity contribution < 1.29 is 17.9 Å². The predicted octanol–water partition coefficient (Wildman–Crippen LogP) is 3.03. The Hall–Kier alpha value is -2.38. The summed E-state index contributed by atoms with van der Waals surface area (Å²) in [5.41, 5.74) is 3.01. The Kier molecular flexibility index (Phi) is 6.59. The third-order valence-corrected chi connectivity index (χ3v) is 7.31. The number of sulfonamides is 1. The molecule has 2 aromatic rings. The molecule has 2 aromatic carbocycles. The molecule has 1 aliphatic rings. The first-order chi connectivity index (χ1) is 13.8. The third-order valence-electron chi connectivity index (χ3n) is 5.42. The van der Waals surface area contributed by atoms with Crippen LogP contribution in [0.2, 0.25) is 0 Å². The maximum Gasteiger partial charge on any atom is 0.243 e. The summed E-state index contributed by atoms with van der Waals surface area (Å²) in [5, 5.41) is 2.97. The van der Waals surface area contributed by atoms with Gasteiger partial charge in [0.25, 0.3) is 0 Å². The highest BCUT2D eigenvalue weighted by atomic mass is 32.2. The van der Waals surface area contributed by atoms with Crippen molar-refractivity contribution >= 4 is 15.9 Å². The Labute approximate surface area is 172 Å². The molecule has 0 aromatic heterocycles. The van der Waals surface area contributed by atoms with Crippen LogP contribution in [0.3, 0.4) is 0 Å². The van der Waals surface area contributed by atoms with Crippen LogP contribution in [0.5, 0.6) is 5.75 Å². The van der Waals surface area contributed by atoms with Crippen molar-refractivity contribution in [1.29, 1.82) is 0 Å². The monoisotopic (exact) mass is 416 g/mol. The molecule has 1 N–H and O–H groups in total. The maximum absolute atomic E-state index is 12.9. The lowest BCUT2D eigenvalue weighted by Gasteiger charge is -2.30. The van der Waals surface area contributed by atoms with Crippen molar-refractivity contribution in [3.8, 4) is 5.75 Å². The van der Waals surface area contributed by atoms with E-state index in [1.54, 1.807) is 25.3 Å². The first-order valence-corrected chi connectivity index (χ1v) is 11.2. The Morgan fingerprint density at radius 3 is 2.34 bits per heavy atom. The second-order valence-corrected chi connectivity index (χ2v) is 9.45. The molecule has 29 heavy (non-hydrogen) atoms. The van der Waals surface area contributed by atoms with E-state index in [1.165, 1.54) is 9.87 Å². The van der Waals surface area contributed by atoms with Gasteiger partial charge in [0.2, 0.25) is 15.9 Å². The number of ether oxygens (including phenoxy) is 1. The van der Waals surface area contributed by atoms with Gasteiger partial charge in [-0.15, -0.1) is 0 Å². The summed E-state index contributed by atoms with van der Waals surface area (Å²) in [6.07, 6.45) is 1.04. The summed E-state index contributed by atoms with van der Waals surface area (Å²) in [5.74, 6) is 0.486. The minimum absolute atomic E-state index is 0.0112. The molecule has 1 amide bonds. The van der Waals surface area contributed by atoms with Gasteiger partial charge >= 0.3 is 0 Å². The Morgan fingerprint density at radius 2 is 1.76 bits per heavy atom. The number of carbonyl (C=O) groups is 1. The van der Waals surface area contributed by atoms with Gasteiger partial charge in [0.05, 0.1) is 12.0 Å². The zero-order chi connectivity index (χ0) is 21.0. The number of rotatable bonds is 6. The molecule has 0 bridgehead atoms. The maximum atomic E-state index is 12.9. The molecule has 0 atom stereocenters. The quantitative estimate of drug-likeness (QED) is 0.785. The first kappa shape index (κ1) is 21.3. The molecular formula is C22H28N2O4S. The number of nitrogens with zero attached hydrogens (tertiary/aromatic N) is 1. The highest BCUT2D eigenvalue weighted by Gasteiger charge is 2.32. The van der Waals surface area contributed by atoms with Crippen LogP contribution in [0.1, 0.15) is 29.5 Å². The Balaban J connectivity index is 1.57. The summed E-state index contributed by atoms with van der Waals surface area (Å²) < 4.78 is 32.6. The zero-order valence-corrected chi connectivity index (χ0v) is 18.0. The van der Waals surface area contributed by atoms with Crippen LogP contribution in [0.4, 0.5) is 0 Å². The molecule has 0 spiro atoms. The molecule has 1 heterocycles. The van der Waals surface area contributed by atoms with Gasteiger partial charge in [-0.3, -0.25) is 4.79 Å². The molecule has 1 aliphatic heterocycles. The second-order valence-electron chi connectivity index (χ2n) is 7.51. The molecule has 1 fully saturated rings. The number of piperidine rings is 1. The van der Waals surface area contributed by atoms with Crippen molar-refractivity contribution in [3.63, 3.8) is 0 Å². The van der Waals surface area contributed by atoms with Gasteiger partial charge < -0.3 is 10.1 Å². The van der Waals surface area contributed by atoms with Crippen LogP contribution in [0, 0.1) is 19.8 Å². The number of amides is 1. The highest BCUT2D eigenvalue weighted by molar-refractivity contribution is 7.89. The number of benzene rings is 2. The molecule has 156 valence electrons. The SMILES string of the molecule is COc1ccc(S(=O)(=O)N2CCC(C(=O)NCc3ccc(C)cc3)CC2)cc1C. The smallest absolute Gasteiger partial charge is 0.243 e. The van der Waals surface area contributed by atoms with E-state index in [4.69, 9.17) is 4.74 Å². The number of aryl methyl sites for hydroxylation is 2. The Bertz CT molecular complexity index is 963. The summed E-state index contributed by atoms with van der Waals surface area (Å²) >= 11 is 0. The minimum atomic E-state index is -3.57. The Morgan fingerprint density at radius 1 is 1.10 bits per heavy atom. The fraction of sp³-hybridized carbons (Fsp3) is 0.409. The van der Waals surface area contributed by atoms with Gasteiger partial charge in [-0.25, -0.2) is 8.42 Å². The van der Waals surface area contributed by atoms with Crippen LogP contribution in [0.25, 0.3) is 0 Å². The van der Waals surface area contributed by atoms with Gasteiger partial charge in [0, 0.05) is 25.6 Å². The largest absolute Gasteiger partial charge is 0.496 e. The second kappa shape index (κ2) is 8.97. The van der Waals surface area contributed by atoms with E-state index >= 15 is 0 Å². The van der Waals surface area contributed by atoms with Crippen LogP contribution in [0.15, 0.2) is 47.4 Å². The highest BCUT2D eigenvalue weighted by Crippen LogP contribution is 2.27. The normalized spacial score (nSPS) is 15.8. The molecule has 0 radical (unpaired) electrons. The number of methoxy groups -OCH3 is 1. The van der Waals surface area contributed by atoms with Crippen LogP contribution < -0.4 is 10.1 Å². The van der Waals surface area contributed by atoms with Gasteiger partial charge in [0.1, 0.15) is 5.75 Å². The summed E-state index contributed by atoms with van der Waals surface area (Å²) in [7, 11) is -2.01. The fourth-order valence-electron chi connectivity index (χ4n) is 3.56. The fourth-order valence-corrected chi connectivity index (χ4v) is 5.11. The van der Waals surface area contributed by atoms with Crippen LogP contribution in [-0.2, 0) is 21.4 Å². The molecule has 6 nitrogen and oxygen atoms in total. The minimum Gasteiger partial charge on any atom is -0.496 e. The zero-order valence-electron chi connectivity index (χ0n) is 17.1. The standard InChI is InChI=1S/C22H28N2O4S/c1-16-4-6-18(7-5-16)15-23-22(25)19-10-12-24(13-11-19)29(26,27)20-8-9-21(28-3)17(2)14-20/h4-9,14,19H,10-13,15H2,1-3H3,(H,23,25). The van der Waals surface area contributed by atoms with E-state index in [1.807, 2.05) is 38.1 Å². The van der Waals surface area contributed by atoms with E-state index < -0.39 is 10.0 Å². The van der Waals surface area contributed by atoms with Crippen LogP contribution in [-0.4, -0.2) is 38.8 Å². The average Bonchev–Trinajstić information content (AvgIpc) is 2.73. The summed E-state index contributed by atoms with van der Waals surface area (Å²) in [6.45, 7) is 5.02. The first-order valence-electron chi connectivity index (χ1n) is 9.79.